The van der Waals surface area contributed by atoms with Crippen molar-refractivity contribution in [2.24, 2.45) is 10.9 Å². The van der Waals surface area contributed by atoms with Crippen LogP contribution in [0.1, 0.15) is 11.3 Å². The predicted octanol–water partition coefficient (Wildman–Crippen LogP) is 1.82. The Morgan fingerprint density at radius 1 is 1.33 bits per heavy atom. The first-order valence-electron chi connectivity index (χ1n) is 6.43. The van der Waals surface area contributed by atoms with Crippen molar-refractivity contribution in [1.29, 1.82) is 0 Å². The van der Waals surface area contributed by atoms with Crippen LogP contribution in [-0.4, -0.2) is 30.2 Å². The van der Waals surface area contributed by atoms with Gasteiger partial charge in [-0.3, -0.25) is 4.98 Å². The topological polar surface area (TPSA) is 84.0 Å². The molecule has 0 aliphatic carbocycles. The first-order valence-corrected chi connectivity index (χ1v) is 6.43. The van der Waals surface area contributed by atoms with E-state index >= 15 is 0 Å². The Bertz CT molecular complexity index is 643. The highest BCUT2D eigenvalue weighted by atomic mass is 16.5. The van der Waals surface area contributed by atoms with Gasteiger partial charge in [-0.25, -0.2) is 0 Å². The number of para-hydroxylation sites is 1. The van der Waals surface area contributed by atoms with E-state index in [2.05, 4.69) is 10.1 Å². The van der Waals surface area contributed by atoms with Crippen LogP contribution in [0.15, 0.2) is 47.8 Å². The summed E-state index contributed by atoms with van der Waals surface area (Å²) in [5, 5.41) is 11.9. The summed E-state index contributed by atoms with van der Waals surface area (Å²) in [7, 11) is 3.56. The van der Waals surface area contributed by atoms with Crippen LogP contribution in [0.4, 0.5) is 5.69 Å². The highest BCUT2D eigenvalue weighted by molar-refractivity contribution is 6.00. The van der Waals surface area contributed by atoms with Gasteiger partial charge in [0.1, 0.15) is 11.4 Å². The highest BCUT2D eigenvalue weighted by Crippen LogP contribution is 2.23. The summed E-state index contributed by atoms with van der Waals surface area (Å²) in [4.78, 5) is 6.14. The molecule has 1 aromatic carbocycles. The normalized spacial score (nSPS) is 11.2. The number of anilines is 1. The standard InChI is InChI=1S/C15H18N4O2/c1-19(10-11-6-3-4-8-13(11)21-2)12-7-5-9-17-14(12)15(16)18-20/h3-9,20H,10H2,1-2H3,(H2,16,18). The molecule has 0 radical (unpaired) electrons. The predicted molar refractivity (Wildman–Crippen MR) is 81.8 cm³/mol. The van der Waals surface area contributed by atoms with Crippen molar-refractivity contribution in [3.63, 3.8) is 0 Å². The first-order chi connectivity index (χ1) is 10.2. The number of hydrogen-bond donors (Lipinski definition) is 2. The number of methoxy groups -OCH3 is 1. The lowest BCUT2D eigenvalue weighted by molar-refractivity contribution is 0.318. The lowest BCUT2D eigenvalue weighted by atomic mass is 10.1. The fraction of sp³-hybridized carbons (Fsp3) is 0.200. The lowest BCUT2D eigenvalue weighted by Gasteiger charge is -2.22. The number of benzene rings is 1. The molecule has 1 aromatic heterocycles. The van der Waals surface area contributed by atoms with Gasteiger partial charge >= 0.3 is 0 Å². The molecule has 0 fully saturated rings. The second-order valence-electron chi connectivity index (χ2n) is 4.52. The Balaban J connectivity index is 2.31. The lowest BCUT2D eigenvalue weighted by Crippen LogP contribution is -2.23. The molecule has 0 saturated heterocycles. The molecule has 0 bridgehead atoms. The van der Waals surface area contributed by atoms with Gasteiger partial charge in [-0.1, -0.05) is 23.4 Å². The molecule has 3 N–H and O–H groups in total. The number of aromatic nitrogens is 1. The van der Waals surface area contributed by atoms with Crippen LogP contribution in [0, 0.1) is 0 Å². The van der Waals surface area contributed by atoms with Gasteiger partial charge in [0.2, 0.25) is 0 Å². The van der Waals surface area contributed by atoms with Crippen LogP contribution in [0.2, 0.25) is 0 Å². The Hall–Kier alpha value is -2.76. The van der Waals surface area contributed by atoms with Gasteiger partial charge < -0.3 is 20.6 Å². The van der Waals surface area contributed by atoms with Crippen LogP contribution in [-0.2, 0) is 6.54 Å². The maximum absolute atomic E-state index is 8.85. The Labute approximate surface area is 123 Å². The summed E-state index contributed by atoms with van der Waals surface area (Å²) in [6.07, 6.45) is 1.60. The van der Waals surface area contributed by atoms with Crippen LogP contribution < -0.4 is 15.4 Å². The van der Waals surface area contributed by atoms with Gasteiger partial charge in [0.25, 0.3) is 0 Å². The monoisotopic (exact) mass is 286 g/mol. The molecule has 0 spiro atoms. The molecule has 0 amide bonds. The van der Waals surface area contributed by atoms with Crippen molar-refractivity contribution >= 4 is 11.5 Å². The summed E-state index contributed by atoms with van der Waals surface area (Å²) < 4.78 is 5.35. The molecule has 6 nitrogen and oxygen atoms in total. The Morgan fingerprint density at radius 3 is 2.81 bits per heavy atom. The van der Waals surface area contributed by atoms with Gasteiger partial charge in [0, 0.05) is 25.4 Å². The number of hydrogen-bond acceptors (Lipinski definition) is 5. The molecule has 1 heterocycles. The van der Waals surface area contributed by atoms with Crippen LogP contribution in [0.3, 0.4) is 0 Å². The van der Waals surface area contributed by atoms with Gasteiger partial charge in [-0.05, 0) is 18.2 Å². The van der Waals surface area contributed by atoms with Gasteiger partial charge in [-0.15, -0.1) is 0 Å². The summed E-state index contributed by atoms with van der Waals surface area (Å²) >= 11 is 0. The van der Waals surface area contributed by atoms with E-state index in [1.807, 2.05) is 48.3 Å². The minimum absolute atomic E-state index is 0.0162. The van der Waals surface area contributed by atoms with E-state index in [9.17, 15) is 0 Å². The molecule has 0 aliphatic heterocycles. The molecule has 6 heteroatoms. The molecule has 0 unspecified atom stereocenters. The quantitative estimate of drug-likeness (QED) is 0.379. The van der Waals surface area contributed by atoms with Gasteiger partial charge in [0.05, 0.1) is 12.8 Å². The maximum Gasteiger partial charge on any atom is 0.190 e. The molecule has 0 aliphatic rings. The van der Waals surface area contributed by atoms with E-state index in [1.54, 1.807) is 13.3 Å². The SMILES string of the molecule is COc1ccccc1CN(C)c1cccnc1/C(N)=N/O. The van der Waals surface area contributed by atoms with Crippen molar-refractivity contribution in [2.75, 3.05) is 19.1 Å². The average Bonchev–Trinajstić information content (AvgIpc) is 2.54. The number of ether oxygens (including phenoxy) is 1. The first kappa shape index (κ1) is 14.6. The molecule has 21 heavy (non-hydrogen) atoms. The fourth-order valence-electron chi connectivity index (χ4n) is 2.12. The zero-order chi connectivity index (χ0) is 15.2. The molecular weight excluding hydrogens is 268 g/mol. The highest BCUT2D eigenvalue weighted by Gasteiger charge is 2.13. The van der Waals surface area contributed by atoms with E-state index < -0.39 is 0 Å². The van der Waals surface area contributed by atoms with Gasteiger partial charge in [0.15, 0.2) is 5.84 Å². The third-order valence-electron chi connectivity index (χ3n) is 3.15. The van der Waals surface area contributed by atoms with Crippen molar-refractivity contribution in [3.8, 4) is 5.75 Å². The van der Waals surface area contributed by atoms with Crippen molar-refractivity contribution in [1.82, 2.24) is 4.98 Å². The third kappa shape index (κ3) is 3.22. The number of rotatable bonds is 5. The molecule has 0 saturated carbocycles. The zero-order valence-corrected chi connectivity index (χ0v) is 12.0. The Kier molecular flexibility index (Phi) is 4.61. The zero-order valence-electron chi connectivity index (χ0n) is 12.0. The number of oxime groups is 1. The minimum Gasteiger partial charge on any atom is -0.496 e. The van der Waals surface area contributed by atoms with E-state index in [-0.39, 0.29) is 5.84 Å². The number of pyridine rings is 1. The van der Waals surface area contributed by atoms with Crippen molar-refractivity contribution < 1.29 is 9.94 Å². The molecule has 0 atom stereocenters. The average molecular weight is 286 g/mol. The van der Waals surface area contributed by atoms with E-state index in [1.165, 1.54) is 0 Å². The van der Waals surface area contributed by atoms with E-state index in [0.29, 0.717) is 12.2 Å². The molecular formula is C15H18N4O2. The largest absolute Gasteiger partial charge is 0.496 e. The van der Waals surface area contributed by atoms with Crippen molar-refractivity contribution in [2.45, 2.75) is 6.54 Å². The minimum atomic E-state index is -0.0162. The second kappa shape index (κ2) is 6.60. The van der Waals surface area contributed by atoms with Gasteiger partial charge in [-0.2, -0.15) is 0 Å². The number of nitrogens with zero attached hydrogens (tertiary/aromatic N) is 3. The van der Waals surface area contributed by atoms with Crippen LogP contribution >= 0.6 is 0 Å². The number of amidine groups is 1. The van der Waals surface area contributed by atoms with Crippen LogP contribution in [0.5, 0.6) is 5.75 Å². The summed E-state index contributed by atoms with van der Waals surface area (Å²) in [6, 6.07) is 11.5. The third-order valence-corrected chi connectivity index (χ3v) is 3.15. The van der Waals surface area contributed by atoms with E-state index in [4.69, 9.17) is 15.7 Å². The summed E-state index contributed by atoms with van der Waals surface area (Å²) in [6.45, 7) is 0.613. The van der Waals surface area contributed by atoms with Crippen LogP contribution in [0.25, 0.3) is 0 Å². The smallest absolute Gasteiger partial charge is 0.190 e. The molecule has 2 rings (SSSR count). The van der Waals surface area contributed by atoms with E-state index in [0.717, 1.165) is 17.0 Å². The fourth-order valence-corrected chi connectivity index (χ4v) is 2.12. The summed E-state index contributed by atoms with van der Waals surface area (Å²) in [5.41, 5.74) is 7.93. The second-order valence-corrected chi connectivity index (χ2v) is 4.52. The summed E-state index contributed by atoms with van der Waals surface area (Å²) in [5.74, 6) is 0.802. The molecule has 2 aromatic rings. The Morgan fingerprint density at radius 2 is 2.10 bits per heavy atom. The maximum atomic E-state index is 8.85. The van der Waals surface area contributed by atoms with Crippen molar-refractivity contribution in [3.05, 3.63) is 53.9 Å². The molecule has 110 valence electrons. The number of nitrogens with two attached hydrogens (primary N) is 1.